The number of carbonyl (C=O) groups is 2. The van der Waals surface area contributed by atoms with Crippen molar-refractivity contribution in [3.8, 4) is 0 Å². The maximum atomic E-state index is 12.6. The van der Waals surface area contributed by atoms with Crippen LogP contribution in [0.4, 0.5) is 0 Å². The van der Waals surface area contributed by atoms with Crippen LogP contribution in [-0.2, 0) is 23.8 Å². The molecule has 1 unspecified atom stereocenters. The molecule has 0 aromatic rings. The van der Waals surface area contributed by atoms with Crippen molar-refractivity contribution in [2.24, 2.45) is 0 Å². The van der Waals surface area contributed by atoms with Crippen LogP contribution in [0.2, 0.25) is 0 Å². The molecular formula is C43H78O5. The number of allylic oxidation sites excluding steroid dienone is 6. The molecule has 0 radical (unpaired) electrons. The van der Waals surface area contributed by atoms with E-state index in [1.807, 2.05) is 0 Å². The van der Waals surface area contributed by atoms with E-state index in [0.717, 1.165) is 64.2 Å². The van der Waals surface area contributed by atoms with Crippen LogP contribution in [0.5, 0.6) is 0 Å². The van der Waals surface area contributed by atoms with Crippen LogP contribution in [0.1, 0.15) is 201 Å². The second-order valence-electron chi connectivity index (χ2n) is 13.5. The summed E-state index contributed by atoms with van der Waals surface area (Å²) >= 11 is 0. The van der Waals surface area contributed by atoms with E-state index in [4.69, 9.17) is 14.2 Å². The van der Waals surface area contributed by atoms with E-state index in [2.05, 4.69) is 57.2 Å². The van der Waals surface area contributed by atoms with Crippen molar-refractivity contribution >= 4 is 11.9 Å². The molecule has 5 nitrogen and oxygen atoms in total. The zero-order valence-corrected chi connectivity index (χ0v) is 32.0. The molecule has 5 heteroatoms. The van der Waals surface area contributed by atoms with Crippen LogP contribution in [-0.4, -0.2) is 37.9 Å². The van der Waals surface area contributed by atoms with Crippen molar-refractivity contribution in [1.82, 2.24) is 0 Å². The van der Waals surface area contributed by atoms with Crippen molar-refractivity contribution in [1.29, 1.82) is 0 Å². The highest BCUT2D eigenvalue weighted by Crippen LogP contribution is 2.13. The second kappa shape index (κ2) is 39.6. The van der Waals surface area contributed by atoms with Gasteiger partial charge in [-0.15, -0.1) is 0 Å². The van der Waals surface area contributed by atoms with Gasteiger partial charge < -0.3 is 14.2 Å². The molecule has 0 saturated carbocycles. The Morgan fingerprint density at radius 1 is 0.479 bits per heavy atom. The maximum absolute atomic E-state index is 12.6. The first-order chi connectivity index (χ1) is 23.6. The number of esters is 2. The predicted molar refractivity (Wildman–Crippen MR) is 205 cm³/mol. The highest BCUT2D eigenvalue weighted by atomic mass is 16.6. The minimum Gasteiger partial charge on any atom is -0.462 e. The first-order valence-corrected chi connectivity index (χ1v) is 20.5. The Balaban J connectivity index is 4.18. The maximum Gasteiger partial charge on any atom is 0.306 e. The minimum absolute atomic E-state index is 0.0799. The predicted octanol–water partition coefficient (Wildman–Crippen LogP) is 13.1. The zero-order chi connectivity index (χ0) is 35.0. The molecule has 1 atom stereocenters. The number of rotatable bonds is 37. The van der Waals surface area contributed by atoms with E-state index in [1.54, 1.807) is 0 Å². The number of ether oxygens (including phenoxy) is 3. The van der Waals surface area contributed by atoms with Gasteiger partial charge in [0.1, 0.15) is 6.61 Å². The summed E-state index contributed by atoms with van der Waals surface area (Å²) in [5.41, 5.74) is 0. The number of hydrogen-bond donors (Lipinski definition) is 0. The lowest BCUT2D eigenvalue weighted by Gasteiger charge is -2.18. The molecular weight excluding hydrogens is 596 g/mol. The Hall–Kier alpha value is -1.88. The minimum atomic E-state index is -0.532. The molecule has 0 heterocycles. The summed E-state index contributed by atoms with van der Waals surface area (Å²) in [5, 5.41) is 0. The molecule has 0 aliphatic carbocycles. The molecule has 0 fully saturated rings. The van der Waals surface area contributed by atoms with Crippen LogP contribution in [0.3, 0.4) is 0 Å². The average Bonchev–Trinajstić information content (AvgIpc) is 3.08. The quantitative estimate of drug-likeness (QED) is 0.0373. The fourth-order valence-electron chi connectivity index (χ4n) is 5.64. The highest BCUT2D eigenvalue weighted by Gasteiger charge is 2.17. The van der Waals surface area contributed by atoms with Gasteiger partial charge in [0.15, 0.2) is 6.10 Å². The SMILES string of the molecule is CC/C=C\C/C=C\C/C=C\CCCCCCCC(=O)OCC(COCCCCCCCCCCCC)OC(=O)CCCCCCCCC. The van der Waals surface area contributed by atoms with E-state index >= 15 is 0 Å². The van der Waals surface area contributed by atoms with Crippen LogP contribution in [0, 0.1) is 0 Å². The number of hydrogen-bond acceptors (Lipinski definition) is 5. The van der Waals surface area contributed by atoms with Crippen molar-refractivity contribution in [2.75, 3.05) is 19.8 Å². The Morgan fingerprint density at radius 2 is 0.938 bits per heavy atom. The normalized spacial score (nSPS) is 12.5. The summed E-state index contributed by atoms with van der Waals surface area (Å²) in [7, 11) is 0. The lowest BCUT2D eigenvalue weighted by Crippen LogP contribution is -2.30. The van der Waals surface area contributed by atoms with E-state index < -0.39 is 6.10 Å². The molecule has 280 valence electrons. The van der Waals surface area contributed by atoms with Gasteiger partial charge in [-0.25, -0.2) is 0 Å². The summed E-state index contributed by atoms with van der Waals surface area (Å²) < 4.78 is 17.2. The van der Waals surface area contributed by atoms with Crippen LogP contribution < -0.4 is 0 Å². The first kappa shape index (κ1) is 46.1. The molecule has 0 aromatic carbocycles. The Kier molecular flexibility index (Phi) is 38.0. The molecule has 0 aliphatic rings. The zero-order valence-electron chi connectivity index (χ0n) is 32.0. The third-order valence-corrected chi connectivity index (χ3v) is 8.69. The van der Waals surface area contributed by atoms with Gasteiger partial charge in [0.2, 0.25) is 0 Å². The van der Waals surface area contributed by atoms with Gasteiger partial charge in [-0.1, -0.05) is 173 Å². The van der Waals surface area contributed by atoms with Gasteiger partial charge >= 0.3 is 11.9 Å². The fourth-order valence-corrected chi connectivity index (χ4v) is 5.64. The van der Waals surface area contributed by atoms with Gasteiger partial charge in [0.25, 0.3) is 0 Å². The lowest BCUT2D eigenvalue weighted by atomic mass is 10.1. The van der Waals surface area contributed by atoms with Crippen molar-refractivity contribution in [3.05, 3.63) is 36.5 Å². The molecule has 0 aliphatic heterocycles. The highest BCUT2D eigenvalue weighted by molar-refractivity contribution is 5.70. The van der Waals surface area contributed by atoms with Gasteiger partial charge in [-0.05, 0) is 51.4 Å². The molecule has 0 rings (SSSR count). The molecule has 0 aromatic heterocycles. The smallest absolute Gasteiger partial charge is 0.306 e. The van der Waals surface area contributed by atoms with Gasteiger partial charge in [-0.2, -0.15) is 0 Å². The molecule has 0 spiro atoms. The largest absolute Gasteiger partial charge is 0.462 e. The standard InChI is InChI=1S/C43H78O5/c1-4-7-10-13-16-18-20-21-22-23-24-25-28-30-33-36-42(44)47-40-41(48-43(45)37-34-31-27-15-12-9-6-3)39-46-38-35-32-29-26-19-17-14-11-8-5-2/h7,10,16,18,21-22,41H,4-6,8-9,11-15,17,19-20,23-40H2,1-3H3/b10-7-,18-16-,22-21-. The van der Waals surface area contributed by atoms with E-state index in [-0.39, 0.29) is 25.2 Å². The summed E-state index contributed by atoms with van der Waals surface area (Å²) in [6, 6.07) is 0. The van der Waals surface area contributed by atoms with Crippen LogP contribution >= 0.6 is 0 Å². The Bertz CT molecular complexity index is 771. The molecule has 48 heavy (non-hydrogen) atoms. The summed E-state index contributed by atoms with van der Waals surface area (Å²) in [6.07, 6.45) is 44.3. The first-order valence-electron chi connectivity index (χ1n) is 20.5. The Morgan fingerprint density at radius 3 is 1.50 bits per heavy atom. The Labute approximate surface area is 298 Å². The molecule has 0 bridgehead atoms. The second-order valence-corrected chi connectivity index (χ2v) is 13.5. The number of carbonyl (C=O) groups excluding carboxylic acids is 2. The topological polar surface area (TPSA) is 61.8 Å². The van der Waals surface area contributed by atoms with Gasteiger partial charge in [-0.3, -0.25) is 9.59 Å². The van der Waals surface area contributed by atoms with Gasteiger partial charge in [0.05, 0.1) is 6.61 Å². The summed E-state index contributed by atoms with van der Waals surface area (Å²) in [5.74, 6) is -0.419. The van der Waals surface area contributed by atoms with Crippen molar-refractivity contribution < 1.29 is 23.8 Å². The average molecular weight is 675 g/mol. The van der Waals surface area contributed by atoms with E-state index in [9.17, 15) is 9.59 Å². The molecule has 0 amide bonds. The van der Waals surface area contributed by atoms with Crippen LogP contribution in [0.25, 0.3) is 0 Å². The van der Waals surface area contributed by atoms with Gasteiger partial charge in [0, 0.05) is 19.4 Å². The monoisotopic (exact) mass is 675 g/mol. The van der Waals surface area contributed by atoms with Crippen molar-refractivity contribution in [3.63, 3.8) is 0 Å². The summed E-state index contributed by atoms with van der Waals surface area (Å²) in [6.45, 7) is 7.66. The van der Waals surface area contributed by atoms with Crippen molar-refractivity contribution in [2.45, 2.75) is 207 Å². The number of unbranched alkanes of at least 4 members (excludes halogenated alkanes) is 20. The van der Waals surface area contributed by atoms with E-state index in [1.165, 1.54) is 103 Å². The lowest BCUT2D eigenvalue weighted by molar-refractivity contribution is -0.163. The molecule has 0 saturated heterocycles. The molecule has 0 N–H and O–H groups in total. The summed E-state index contributed by atoms with van der Waals surface area (Å²) in [4.78, 5) is 25.0. The third-order valence-electron chi connectivity index (χ3n) is 8.69. The fraction of sp³-hybridized carbons (Fsp3) is 0.814. The third kappa shape index (κ3) is 36.9. The van der Waals surface area contributed by atoms with E-state index in [0.29, 0.717) is 19.4 Å². The van der Waals surface area contributed by atoms with Crippen LogP contribution in [0.15, 0.2) is 36.5 Å².